The predicted octanol–water partition coefficient (Wildman–Crippen LogP) is 0.152. The lowest BCUT2D eigenvalue weighted by Crippen LogP contribution is -2.44. The summed E-state index contributed by atoms with van der Waals surface area (Å²) in [7, 11) is 0. The summed E-state index contributed by atoms with van der Waals surface area (Å²) in [5.74, 6) is -0.202. The second-order valence-corrected chi connectivity index (χ2v) is 3.65. The SMILES string of the molecule is CC(C)C(CO)N1C(=O)CCC1=O. The molecule has 0 aromatic heterocycles. The van der Waals surface area contributed by atoms with Crippen LogP contribution in [0.15, 0.2) is 0 Å². The molecule has 74 valence electrons. The zero-order valence-electron chi connectivity index (χ0n) is 7.99. The van der Waals surface area contributed by atoms with E-state index in [2.05, 4.69) is 0 Å². The second kappa shape index (κ2) is 3.87. The molecule has 0 radical (unpaired) electrons. The van der Waals surface area contributed by atoms with Crippen LogP contribution in [0.1, 0.15) is 26.7 Å². The number of amides is 2. The van der Waals surface area contributed by atoms with Crippen LogP contribution in [0.3, 0.4) is 0 Å². The van der Waals surface area contributed by atoms with E-state index in [4.69, 9.17) is 5.11 Å². The molecular formula is C9H15NO3. The first-order valence-electron chi connectivity index (χ1n) is 4.53. The van der Waals surface area contributed by atoms with Crippen LogP contribution in [0.5, 0.6) is 0 Å². The molecule has 1 aliphatic heterocycles. The number of carbonyl (C=O) groups is 2. The Bertz CT molecular complexity index is 209. The fourth-order valence-corrected chi connectivity index (χ4v) is 1.55. The maximum Gasteiger partial charge on any atom is 0.230 e. The molecule has 1 saturated heterocycles. The Balaban J connectivity index is 2.77. The summed E-state index contributed by atoms with van der Waals surface area (Å²) in [6.45, 7) is 3.63. The number of hydrogen-bond acceptors (Lipinski definition) is 3. The normalized spacial score (nSPS) is 20.2. The second-order valence-electron chi connectivity index (χ2n) is 3.65. The molecule has 0 saturated carbocycles. The number of hydrogen-bond donors (Lipinski definition) is 1. The molecule has 0 aliphatic carbocycles. The molecule has 0 aromatic carbocycles. The lowest BCUT2D eigenvalue weighted by Gasteiger charge is -2.27. The van der Waals surface area contributed by atoms with Crippen molar-refractivity contribution in [3.63, 3.8) is 0 Å². The van der Waals surface area contributed by atoms with Gasteiger partial charge < -0.3 is 5.11 Å². The summed E-state index contributed by atoms with van der Waals surface area (Å²) in [5.41, 5.74) is 0. The molecule has 0 spiro atoms. The molecule has 1 unspecified atom stereocenters. The van der Waals surface area contributed by atoms with Gasteiger partial charge >= 0.3 is 0 Å². The first-order chi connectivity index (χ1) is 6.07. The van der Waals surface area contributed by atoms with Crippen molar-refractivity contribution in [2.75, 3.05) is 6.61 Å². The average Bonchev–Trinajstić information content (AvgIpc) is 2.36. The molecule has 4 heteroatoms. The van der Waals surface area contributed by atoms with Gasteiger partial charge in [0.2, 0.25) is 11.8 Å². The van der Waals surface area contributed by atoms with Crippen molar-refractivity contribution < 1.29 is 14.7 Å². The fraction of sp³-hybridized carbons (Fsp3) is 0.778. The van der Waals surface area contributed by atoms with Crippen LogP contribution in [0.25, 0.3) is 0 Å². The molecule has 1 aliphatic rings. The highest BCUT2D eigenvalue weighted by atomic mass is 16.3. The van der Waals surface area contributed by atoms with Gasteiger partial charge in [-0.3, -0.25) is 14.5 Å². The molecule has 13 heavy (non-hydrogen) atoms. The Morgan fingerprint density at radius 2 is 1.77 bits per heavy atom. The van der Waals surface area contributed by atoms with Crippen LogP contribution >= 0.6 is 0 Å². The van der Waals surface area contributed by atoms with Crippen LogP contribution < -0.4 is 0 Å². The van der Waals surface area contributed by atoms with Gasteiger partial charge in [-0.05, 0) is 5.92 Å². The lowest BCUT2D eigenvalue weighted by molar-refractivity contribution is -0.143. The van der Waals surface area contributed by atoms with E-state index in [0.717, 1.165) is 0 Å². The molecule has 2 amide bonds. The van der Waals surface area contributed by atoms with Gasteiger partial charge in [0.25, 0.3) is 0 Å². The summed E-state index contributed by atoms with van der Waals surface area (Å²) < 4.78 is 0. The van der Waals surface area contributed by atoms with Crippen LogP contribution in [0.4, 0.5) is 0 Å². The highest BCUT2D eigenvalue weighted by molar-refractivity contribution is 6.02. The highest BCUT2D eigenvalue weighted by Gasteiger charge is 2.35. The van der Waals surface area contributed by atoms with Crippen molar-refractivity contribution in [3.8, 4) is 0 Å². The Hall–Kier alpha value is -0.900. The van der Waals surface area contributed by atoms with Gasteiger partial charge in [-0.25, -0.2) is 0 Å². The topological polar surface area (TPSA) is 57.6 Å². The molecule has 0 aromatic rings. The standard InChI is InChI=1S/C9H15NO3/c1-6(2)7(5-11)10-8(12)3-4-9(10)13/h6-7,11H,3-5H2,1-2H3. The monoisotopic (exact) mass is 185 g/mol. The van der Waals surface area contributed by atoms with Gasteiger partial charge in [0.1, 0.15) is 0 Å². The summed E-state index contributed by atoms with van der Waals surface area (Å²) in [6.07, 6.45) is 0.587. The maximum absolute atomic E-state index is 11.3. The molecular weight excluding hydrogens is 170 g/mol. The summed E-state index contributed by atoms with van der Waals surface area (Å²) in [4.78, 5) is 23.8. The number of likely N-dealkylation sites (tertiary alicyclic amines) is 1. The fourth-order valence-electron chi connectivity index (χ4n) is 1.55. The average molecular weight is 185 g/mol. The van der Waals surface area contributed by atoms with E-state index in [1.54, 1.807) is 0 Å². The van der Waals surface area contributed by atoms with Gasteiger partial charge in [-0.1, -0.05) is 13.8 Å². The molecule has 1 rings (SSSR count). The van der Waals surface area contributed by atoms with Crippen molar-refractivity contribution in [2.45, 2.75) is 32.7 Å². The molecule has 4 nitrogen and oxygen atoms in total. The highest BCUT2D eigenvalue weighted by Crippen LogP contribution is 2.19. The zero-order chi connectivity index (χ0) is 10.0. The van der Waals surface area contributed by atoms with E-state index in [0.29, 0.717) is 12.8 Å². The molecule has 0 bridgehead atoms. The number of nitrogens with zero attached hydrogens (tertiary/aromatic N) is 1. The molecule has 1 N–H and O–H groups in total. The van der Waals surface area contributed by atoms with Crippen molar-refractivity contribution >= 4 is 11.8 Å². The van der Waals surface area contributed by atoms with Crippen LogP contribution in [-0.4, -0.2) is 34.5 Å². The quantitative estimate of drug-likeness (QED) is 0.637. The zero-order valence-corrected chi connectivity index (χ0v) is 7.99. The predicted molar refractivity (Wildman–Crippen MR) is 46.8 cm³/mol. The third-order valence-electron chi connectivity index (χ3n) is 2.38. The smallest absolute Gasteiger partial charge is 0.230 e. The van der Waals surface area contributed by atoms with Gasteiger partial charge in [0.05, 0.1) is 12.6 Å². The van der Waals surface area contributed by atoms with Gasteiger partial charge in [0, 0.05) is 12.8 Å². The molecule has 1 fully saturated rings. The number of imide groups is 1. The minimum atomic E-state index is -0.345. The minimum absolute atomic E-state index is 0.107. The van der Waals surface area contributed by atoms with Gasteiger partial charge in [-0.15, -0.1) is 0 Å². The largest absolute Gasteiger partial charge is 0.394 e. The van der Waals surface area contributed by atoms with E-state index in [9.17, 15) is 9.59 Å². The lowest BCUT2D eigenvalue weighted by atomic mass is 10.0. The van der Waals surface area contributed by atoms with Crippen molar-refractivity contribution in [1.29, 1.82) is 0 Å². The van der Waals surface area contributed by atoms with E-state index >= 15 is 0 Å². The van der Waals surface area contributed by atoms with Gasteiger partial charge in [-0.2, -0.15) is 0 Å². The number of carbonyl (C=O) groups excluding carboxylic acids is 2. The van der Waals surface area contributed by atoms with Crippen molar-refractivity contribution in [3.05, 3.63) is 0 Å². The Kier molecular flexibility index (Phi) is 3.03. The number of aliphatic hydroxyl groups is 1. The summed E-state index contributed by atoms with van der Waals surface area (Å²) in [6, 6.07) is -0.345. The minimum Gasteiger partial charge on any atom is -0.394 e. The van der Waals surface area contributed by atoms with Crippen LogP contribution in [-0.2, 0) is 9.59 Å². The third-order valence-corrected chi connectivity index (χ3v) is 2.38. The van der Waals surface area contributed by atoms with Crippen molar-refractivity contribution in [1.82, 2.24) is 4.90 Å². The Morgan fingerprint density at radius 1 is 1.31 bits per heavy atom. The van der Waals surface area contributed by atoms with Crippen LogP contribution in [0.2, 0.25) is 0 Å². The Morgan fingerprint density at radius 3 is 2.08 bits per heavy atom. The molecule has 1 atom stereocenters. The summed E-state index contributed by atoms with van der Waals surface area (Å²) >= 11 is 0. The van der Waals surface area contributed by atoms with Crippen molar-refractivity contribution in [2.24, 2.45) is 5.92 Å². The van der Waals surface area contributed by atoms with Crippen LogP contribution in [0, 0.1) is 5.92 Å². The first-order valence-corrected chi connectivity index (χ1v) is 4.53. The third kappa shape index (κ3) is 1.88. The number of aliphatic hydroxyl groups excluding tert-OH is 1. The van der Waals surface area contributed by atoms with E-state index in [1.165, 1.54) is 4.90 Å². The van der Waals surface area contributed by atoms with E-state index < -0.39 is 0 Å². The van der Waals surface area contributed by atoms with Gasteiger partial charge in [0.15, 0.2) is 0 Å². The maximum atomic E-state index is 11.3. The van der Waals surface area contributed by atoms with E-state index in [1.807, 2.05) is 13.8 Å². The number of rotatable bonds is 3. The summed E-state index contributed by atoms with van der Waals surface area (Å²) in [5, 5.41) is 9.05. The Labute approximate surface area is 77.5 Å². The molecule has 1 heterocycles. The van der Waals surface area contributed by atoms with E-state index in [-0.39, 0.29) is 30.4 Å². The first kappa shape index (κ1) is 10.2.